The number of carbonyl (C=O) groups excluding carboxylic acids is 2. The molecule has 1 aromatic carbocycles. The van der Waals surface area contributed by atoms with Crippen LogP contribution in [0.5, 0.6) is 0 Å². The van der Waals surface area contributed by atoms with Crippen LogP contribution in [0.3, 0.4) is 0 Å². The van der Waals surface area contributed by atoms with E-state index in [9.17, 15) is 18.0 Å². The highest BCUT2D eigenvalue weighted by atomic mass is 35.5. The SMILES string of the molecule is Nc1ccc(Cl)c(C([NH3+])=O)c1.O=C([O-])C(F)(F)F. The van der Waals surface area contributed by atoms with Gasteiger partial charge >= 0.3 is 12.1 Å². The number of alkyl halides is 3. The number of aliphatic carboxylic acids is 1. The molecule has 0 radical (unpaired) electrons. The van der Waals surface area contributed by atoms with Crippen molar-refractivity contribution in [3.8, 4) is 0 Å². The second kappa shape index (κ2) is 6.22. The maximum absolute atomic E-state index is 10.8. The molecule has 0 atom stereocenters. The summed E-state index contributed by atoms with van der Waals surface area (Å²) in [5.74, 6) is -3.32. The number of amides is 1. The van der Waals surface area contributed by atoms with E-state index in [1.54, 1.807) is 12.1 Å². The van der Waals surface area contributed by atoms with E-state index in [1.165, 1.54) is 6.07 Å². The molecule has 100 valence electrons. The lowest BCUT2D eigenvalue weighted by atomic mass is 10.2. The lowest BCUT2D eigenvalue weighted by Crippen LogP contribution is -2.56. The van der Waals surface area contributed by atoms with Gasteiger partial charge in [0.1, 0.15) is 5.97 Å². The summed E-state index contributed by atoms with van der Waals surface area (Å²) in [6.07, 6.45) is -5.19. The zero-order valence-electron chi connectivity index (χ0n) is 8.75. The predicted molar refractivity (Wildman–Crippen MR) is 54.1 cm³/mol. The highest BCUT2D eigenvalue weighted by Gasteiger charge is 2.28. The fourth-order valence-electron chi connectivity index (χ4n) is 0.757. The van der Waals surface area contributed by atoms with Crippen molar-refractivity contribution in [3.63, 3.8) is 0 Å². The van der Waals surface area contributed by atoms with Crippen LogP contribution in [0.1, 0.15) is 10.4 Å². The molecule has 0 saturated heterocycles. The van der Waals surface area contributed by atoms with Crippen molar-refractivity contribution in [3.05, 3.63) is 28.8 Å². The van der Waals surface area contributed by atoms with Gasteiger partial charge in [0.05, 0.1) is 10.6 Å². The number of nitrogen functional groups attached to an aromatic ring is 1. The molecular weight excluding hydrogens is 277 g/mol. The molecule has 0 spiro atoms. The predicted octanol–water partition coefficient (Wildman–Crippen LogP) is -0.397. The minimum atomic E-state index is -5.19. The third-order valence-corrected chi connectivity index (χ3v) is 1.85. The van der Waals surface area contributed by atoms with Gasteiger partial charge in [-0.1, -0.05) is 11.6 Å². The van der Waals surface area contributed by atoms with Crippen molar-refractivity contribution in [2.45, 2.75) is 6.18 Å². The van der Waals surface area contributed by atoms with Gasteiger partial charge < -0.3 is 15.6 Å². The number of carboxylic acid groups (broad SMARTS) is 1. The van der Waals surface area contributed by atoms with Gasteiger partial charge in [-0.05, 0) is 18.2 Å². The highest BCUT2D eigenvalue weighted by Crippen LogP contribution is 2.17. The molecule has 1 rings (SSSR count). The number of benzene rings is 1. The molecule has 0 fully saturated rings. The third-order valence-electron chi connectivity index (χ3n) is 1.52. The number of carbonyl (C=O) groups is 2. The first-order valence-corrected chi connectivity index (χ1v) is 4.63. The zero-order valence-corrected chi connectivity index (χ0v) is 9.51. The van der Waals surface area contributed by atoms with E-state index in [0.29, 0.717) is 16.3 Å². The second-order valence-electron chi connectivity index (χ2n) is 2.95. The van der Waals surface area contributed by atoms with Gasteiger partial charge in [0.15, 0.2) is 0 Å². The number of nitrogens with two attached hydrogens (primary N) is 1. The minimum absolute atomic E-state index is 0.317. The fraction of sp³-hybridized carbons (Fsp3) is 0.111. The van der Waals surface area contributed by atoms with Crippen molar-refractivity contribution in [2.24, 2.45) is 0 Å². The standard InChI is InChI=1S/C7H7ClN2O.C2HF3O2/c8-6-2-1-4(9)3-5(6)7(10)11;3-2(4,5)1(6)7/h1-3H,9H2,(H2,10,11);(H,6,7). The lowest BCUT2D eigenvalue weighted by Gasteiger charge is -2.03. The summed E-state index contributed by atoms with van der Waals surface area (Å²) >= 11 is 5.67. The Morgan fingerprint density at radius 1 is 1.33 bits per heavy atom. The molecule has 1 amide bonds. The van der Waals surface area contributed by atoms with E-state index >= 15 is 0 Å². The summed E-state index contributed by atoms with van der Waals surface area (Å²) in [5.41, 5.74) is 9.54. The Hall–Kier alpha value is -1.80. The first kappa shape index (κ1) is 16.2. The molecule has 18 heavy (non-hydrogen) atoms. The van der Waals surface area contributed by atoms with E-state index in [-0.39, 0.29) is 5.91 Å². The number of anilines is 1. The maximum Gasteiger partial charge on any atom is 0.430 e. The Balaban J connectivity index is 0.000000360. The molecule has 0 saturated carbocycles. The zero-order chi connectivity index (χ0) is 14.5. The lowest BCUT2D eigenvalue weighted by molar-refractivity contribution is -0.344. The van der Waals surface area contributed by atoms with Crippen LogP contribution in [-0.2, 0) is 4.79 Å². The molecule has 0 aliphatic heterocycles. The highest BCUT2D eigenvalue weighted by molar-refractivity contribution is 6.33. The summed E-state index contributed by atoms with van der Waals surface area (Å²) in [5, 5.41) is 9.17. The number of hydrogen-bond acceptors (Lipinski definition) is 4. The monoisotopic (exact) mass is 284 g/mol. The molecule has 9 heteroatoms. The molecule has 0 aromatic heterocycles. The number of carboxylic acids is 1. The molecule has 5 N–H and O–H groups in total. The van der Waals surface area contributed by atoms with Crippen molar-refractivity contribution >= 4 is 29.2 Å². The van der Waals surface area contributed by atoms with Crippen LogP contribution in [0, 0.1) is 0 Å². The first-order valence-electron chi connectivity index (χ1n) is 4.25. The van der Waals surface area contributed by atoms with Gasteiger partial charge in [-0.25, -0.2) is 4.79 Å². The van der Waals surface area contributed by atoms with Gasteiger partial charge in [0.25, 0.3) is 0 Å². The normalized spacial score (nSPS) is 10.3. The van der Waals surface area contributed by atoms with Crippen molar-refractivity contribution in [2.75, 3.05) is 5.73 Å². The molecule has 0 aliphatic rings. The number of hydrogen-bond donors (Lipinski definition) is 2. The molecule has 0 aliphatic carbocycles. The molecule has 0 unspecified atom stereocenters. The first-order chi connectivity index (χ1) is 8.05. The van der Waals surface area contributed by atoms with E-state index in [2.05, 4.69) is 5.73 Å². The molecule has 0 bridgehead atoms. The molecule has 0 heterocycles. The fourth-order valence-corrected chi connectivity index (χ4v) is 0.980. The van der Waals surface area contributed by atoms with E-state index in [4.69, 9.17) is 27.2 Å². The topological polar surface area (TPSA) is 111 Å². The third kappa shape index (κ3) is 5.51. The Morgan fingerprint density at radius 2 is 1.78 bits per heavy atom. The Labute approximate surface area is 104 Å². The van der Waals surface area contributed by atoms with Crippen LogP contribution < -0.4 is 16.6 Å². The largest absolute Gasteiger partial charge is 0.542 e. The van der Waals surface area contributed by atoms with Crippen LogP contribution in [0.2, 0.25) is 5.02 Å². The second-order valence-corrected chi connectivity index (χ2v) is 3.35. The summed E-state index contributed by atoms with van der Waals surface area (Å²) in [7, 11) is 0. The van der Waals surface area contributed by atoms with Gasteiger partial charge in [0, 0.05) is 5.69 Å². The number of halogens is 4. The van der Waals surface area contributed by atoms with Crippen molar-refractivity contribution in [1.29, 1.82) is 0 Å². The van der Waals surface area contributed by atoms with E-state index in [0.717, 1.165) is 0 Å². The molecule has 5 nitrogen and oxygen atoms in total. The van der Waals surface area contributed by atoms with Gasteiger partial charge in [0.2, 0.25) is 0 Å². The average molecular weight is 285 g/mol. The van der Waals surface area contributed by atoms with Gasteiger partial charge in [-0.3, -0.25) is 5.73 Å². The average Bonchev–Trinajstić information content (AvgIpc) is 2.20. The number of quaternary nitrogens is 1. The van der Waals surface area contributed by atoms with Gasteiger partial charge in [-0.15, -0.1) is 0 Å². The maximum atomic E-state index is 10.8. The summed E-state index contributed by atoms with van der Waals surface area (Å²) in [4.78, 5) is 19.6. The van der Waals surface area contributed by atoms with Crippen molar-refractivity contribution in [1.82, 2.24) is 0 Å². The smallest absolute Gasteiger partial charge is 0.430 e. The number of rotatable bonds is 1. The summed E-state index contributed by atoms with van der Waals surface area (Å²) in [6.45, 7) is 0. The van der Waals surface area contributed by atoms with Crippen LogP contribution in [0.4, 0.5) is 18.9 Å². The van der Waals surface area contributed by atoms with Crippen LogP contribution in [0.25, 0.3) is 0 Å². The molecular formula is C9H8ClF3N2O3. The summed E-state index contributed by atoms with van der Waals surface area (Å²) in [6, 6.07) is 4.72. The Kier molecular flexibility index (Phi) is 5.60. The minimum Gasteiger partial charge on any atom is -0.542 e. The van der Waals surface area contributed by atoms with E-state index in [1.807, 2.05) is 0 Å². The Morgan fingerprint density at radius 3 is 2.06 bits per heavy atom. The van der Waals surface area contributed by atoms with Crippen LogP contribution in [-0.4, -0.2) is 18.1 Å². The Bertz CT molecular complexity index is 463. The van der Waals surface area contributed by atoms with Gasteiger partial charge in [-0.2, -0.15) is 13.2 Å². The molecule has 1 aromatic rings. The summed E-state index contributed by atoms with van der Waals surface area (Å²) < 4.78 is 31.5. The van der Waals surface area contributed by atoms with Crippen molar-refractivity contribution < 1.29 is 33.6 Å². The van der Waals surface area contributed by atoms with E-state index < -0.39 is 12.1 Å². The quantitative estimate of drug-likeness (QED) is 0.684. The van der Waals surface area contributed by atoms with Crippen LogP contribution >= 0.6 is 11.6 Å². The van der Waals surface area contributed by atoms with Crippen LogP contribution in [0.15, 0.2) is 18.2 Å².